The SMILES string of the molecule is C[C@H]1CN(C(=O)CCc2ccnn2C)Cc2nnc(C3CC3)n21. The van der Waals surface area contributed by atoms with Crippen molar-refractivity contribution in [3.8, 4) is 0 Å². The van der Waals surface area contributed by atoms with E-state index in [-0.39, 0.29) is 11.9 Å². The van der Waals surface area contributed by atoms with Crippen molar-refractivity contribution in [1.29, 1.82) is 0 Å². The van der Waals surface area contributed by atoms with E-state index in [1.54, 1.807) is 6.20 Å². The first-order chi connectivity index (χ1) is 11.1. The molecule has 0 N–H and O–H groups in total. The third kappa shape index (κ3) is 2.64. The van der Waals surface area contributed by atoms with E-state index in [9.17, 15) is 4.79 Å². The molecule has 1 aliphatic carbocycles. The van der Waals surface area contributed by atoms with Gasteiger partial charge in [-0.2, -0.15) is 5.10 Å². The number of carbonyl (C=O) groups excluding carboxylic acids is 1. The minimum absolute atomic E-state index is 0.181. The van der Waals surface area contributed by atoms with Crippen LogP contribution in [0.25, 0.3) is 0 Å². The van der Waals surface area contributed by atoms with Crippen LogP contribution in [0.4, 0.5) is 0 Å². The number of hydrogen-bond acceptors (Lipinski definition) is 4. The van der Waals surface area contributed by atoms with Gasteiger partial charge >= 0.3 is 0 Å². The highest BCUT2D eigenvalue weighted by atomic mass is 16.2. The minimum atomic E-state index is 0.181. The van der Waals surface area contributed by atoms with Gasteiger partial charge in [-0.3, -0.25) is 9.48 Å². The average molecular weight is 314 g/mol. The summed E-state index contributed by atoms with van der Waals surface area (Å²) in [5.74, 6) is 2.82. The summed E-state index contributed by atoms with van der Waals surface area (Å²) >= 11 is 0. The lowest BCUT2D eigenvalue weighted by molar-refractivity contribution is -0.133. The zero-order valence-corrected chi connectivity index (χ0v) is 13.6. The van der Waals surface area contributed by atoms with Gasteiger partial charge in [-0.1, -0.05) is 0 Å². The van der Waals surface area contributed by atoms with Gasteiger partial charge in [0.1, 0.15) is 5.82 Å². The molecule has 0 radical (unpaired) electrons. The van der Waals surface area contributed by atoms with Gasteiger partial charge in [0.05, 0.1) is 12.6 Å². The number of amides is 1. The van der Waals surface area contributed by atoms with Gasteiger partial charge in [0.2, 0.25) is 5.91 Å². The van der Waals surface area contributed by atoms with Crippen molar-refractivity contribution < 1.29 is 4.79 Å². The molecule has 0 saturated heterocycles. The first-order valence-corrected chi connectivity index (χ1v) is 8.32. The Morgan fingerprint density at radius 2 is 2.17 bits per heavy atom. The van der Waals surface area contributed by atoms with Crippen LogP contribution in [0.5, 0.6) is 0 Å². The molecule has 1 aliphatic heterocycles. The van der Waals surface area contributed by atoms with Gasteiger partial charge in [0.15, 0.2) is 5.82 Å². The Balaban J connectivity index is 1.44. The van der Waals surface area contributed by atoms with E-state index in [2.05, 4.69) is 26.8 Å². The monoisotopic (exact) mass is 314 g/mol. The second kappa shape index (κ2) is 5.47. The van der Waals surface area contributed by atoms with Gasteiger partial charge in [0, 0.05) is 37.8 Å². The van der Waals surface area contributed by atoms with Crippen LogP contribution in [0.2, 0.25) is 0 Å². The second-order valence-electron chi connectivity index (χ2n) is 6.69. The minimum Gasteiger partial charge on any atom is -0.333 e. The van der Waals surface area contributed by atoms with Crippen molar-refractivity contribution in [2.24, 2.45) is 7.05 Å². The Labute approximate surface area is 135 Å². The van der Waals surface area contributed by atoms with Crippen LogP contribution < -0.4 is 0 Å². The van der Waals surface area contributed by atoms with Crippen LogP contribution in [0.15, 0.2) is 12.3 Å². The van der Waals surface area contributed by atoms with E-state index in [1.165, 1.54) is 12.8 Å². The standard InChI is InChI=1S/C16H22N6O/c1-11-9-21(15(23)6-5-13-7-8-17-20(13)2)10-14-18-19-16(22(11)14)12-3-4-12/h7-8,11-12H,3-6,9-10H2,1-2H3/t11-/m0/s1. The molecule has 2 aromatic rings. The number of nitrogens with zero attached hydrogens (tertiary/aromatic N) is 6. The molecule has 3 heterocycles. The molecule has 1 atom stereocenters. The molecule has 7 heteroatoms. The van der Waals surface area contributed by atoms with Crippen LogP contribution in [0.1, 0.15) is 55.5 Å². The lowest BCUT2D eigenvalue weighted by Gasteiger charge is -2.32. The highest BCUT2D eigenvalue weighted by molar-refractivity contribution is 5.76. The number of carbonyl (C=O) groups is 1. The van der Waals surface area contributed by atoms with Crippen LogP contribution in [0.3, 0.4) is 0 Å². The Morgan fingerprint density at radius 3 is 2.87 bits per heavy atom. The second-order valence-corrected chi connectivity index (χ2v) is 6.69. The van der Waals surface area contributed by atoms with Gasteiger partial charge < -0.3 is 9.47 Å². The number of hydrogen-bond donors (Lipinski definition) is 0. The lowest BCUT2D eigenvalue weighted by Crippen LogP contribution is -2.40. The Hall–Kier alpha value is -2.18. The molecule has 0 bridgehead atoms. The van der Waals surface area contributed by atoms with E-state index in [1.807, 2.05) is 22.7 Å². The molecule has 1 saturated carbocycles. The highest BCUT2D eigenvalue weighted by Crippen LogP contribution is 2.41. The summed E-state index contributed by atoms with van der Waals surface area (Å²) in [7, 11) is 1.91. The maximum absolute atomic E-state index is 12.6. The van der Waals surface area contributed by atoms with E-state index >= 15 is 0 Å². The molecule has 2 aliphatic rings. The molecule has 0 spiro atoms. The lowest BCUT2D eigenvalue weighted by atomic mass is 10.1. The third-order valence-corrected chi connectivity index (χ3v) is 4.86. The van der Waals surface area contributed by atoms with Crippen LogP contribution in [0, 0.1) is 0 Å². The van der Waals surface area contributed by atoms with Crippen molar-refractivity contribution >= 4 is 5.91 Å². The predicted octanol–water partition coefficient (Wildman–Crippen LogP) is 1.43. The molecule has 7 nitrogen and oxygen atoms in total. The fourth-order valence-corrected chi connectivity index (χ4v) is 3.41. The topological polar surface area (TPSA) is 68.8 Å². The summed E-state index contributed by atoms with van der Waals surface area (Å²) < 4.78 is 4.08. The molecule has 0 unspecified atom stereocenters. The fourth-order valence-electron chi connectivity index (χ4n) is 3.41. The normalized spacial score (nSPS) is 20.6. The molecule has 122 valence electrons. The van der Waals surface area contributed by atoms with Crippen LogP contribution in [-0.4, -0.2) is 41.9 Å². The number of fused-ring (bicyclic) bond motifs is 1. The predicted molar refractivity (Wildman–Crippen MR) is 83.7 cm³/mol. The van der Waals surface area contributed by atoms with Crippen LogP contribution in [-0.2, 0) is 24.8 Å². The van der Waals surface area contributed by atoms with Crippen molar-refractivity contribution in [3.63, 3.8) is 0 Å². The smallest absolute Gasteiger partial charge is 0.223 e. The summed E-state index contributed by atoms with van der Waals surface area (Å²) in [4.78, 5) is 14.5. The van der Waals surface area contributed by atoms with Crippen molar-refractivity contribution in [1.82, 2.24) is 29.4 Å². The summed E-state index contributed by atoms with van der Waals surface area (Å²) in [5, 5.41) is 12.8. The van der Waals surface area contributed by atoms with Gasteiger partial charge in [-0.25, -0.2) is 0 Å². The maximum atomic E-state index is 12.6. The zero-order valence-electron chi connectivity index (χ0n) is 13.6. The van der Waals surface area contributed by atoms with E-state index in [0.717, 1.165) is 30.3 Å². The van der Waals surface area contributed by atoms with E-state index < -0.39 is 0 Å². The molecule has 4 rings (SSSR count). The molecule has 1 amide bonds. The van der Waals surface area contributed by atoms with Gasteiger partial charge in [0.25, 0.3) is 0 Å². The van der Waals surface area contributed by atoms with E-state index in [4.69, 9.17) is 0 Å². The van der Waals surface area contributed by atoms with Crippen LogP contribution >= 0.6 is 0 Å². The van der Waals surface area contributed by atoms with Crippen molar-refractivity contribution in [2.75, 3.05) is 6.54 Å². The van der Waals surface area contributed by atoms with Gasteiger partial charge in [-0.05, 0) is 32.3 Å². The zero-order chi connectivity index (χ0) is 16.0. The third-order valence-electron chi connectivity index (χ3n) is 4.86. The maximum Gasteiger partial charge on any atom is 0.223 e. The average Bonchev–Trinajstić information content (AvgIpc) is 3.15. The largest absolute Gasteiger partial charge is 0.333 e. The summed E-state index contributed by atoms with van der Waals surface area (Å²) in [6, 6.07) is 2.22. The number of rotatable bonds is 4. The Kier molecular flexibility index (Phi) is 3.43. The number of aromatic nitrogens is 5. The first kappa shape index (κ1) is 14.4. The van der Waals surface area contributed by atoms with E-state index in [0.29, 0.717) is 18.9 Å². The quantitative estimate of drug-likeness (QED) is 0.856. The molecule has 23 heavy (non-hydrogen) atoms. The molecule has 1 fully saturated rings. The molecular formula is C16H22N6O. The summed E-state index contributed by atoms with van der Waals surface area (Å²) in [6.07, 6.45) is 5.44. The summed E-state index contributed by atoms with van der Waals surface area (Å²) in [6.45, 7) is 3.47. The highest BCUT2D eigenvalue weighted by Gasteiger charge is 2.35. The first-order valence-electron chi connectivity index (χ1n) is 8.32. The molecule has 0 aromatic carbocycles. The van der Waals surface area contributed by atoms with Crippen molar-refractivity contribution in [2.45, 2.75) is 51.1 Å². The van der Waals surface area contributed by atoms with Crippen molar-refractivity contribution in [3.05, 3.63) is 29.6 Å². The van der Waals surface area contributed by atoms with Gasteiger partial charge in [-0.15, -0.1) is 10.2 Å². The fraction of sp³-hybridized carbons (Fsp3) is 0.625. The Morgan fingerprint density at radius 1 is 1.35 bits per heavy atom. The molecule has 2 aromatic heterocycles. The summed E-state index contributed by atoms with van der Waals surface area (Å²) in [5.41, 5.74) is 1.09. The Bertz CT molecular complexity index is 729. The number of aryl methyl sites for hydroxylation is 2. The molecular weight excluding hydrogens is 292 g/mol.